The van der Waals surface area contributed by atoms with E-state index in [9.17, 15) is 9.90 Å². The van der Waals surface area contributed by atoms with Crippen LogP contribution in [0.2, 0.25) is 0 Å². The zero-order valence-corrected chi connectivity index (χ0v) is 16.2. The van der Waals surface area contributed by atoms with Crippen LogP contribution in [0.5, 0.6) is 5.75 Å². The summed E-state index contributed by atoms with van der Waals surface area (Å²) in [4.78, 5) is 14.9. The summed E-state index contributed by atoms with van der Waals surface area (Å²) in [7, 11) is 0. The molecule has 4 rings (SSSR count). The van der Waals surface area contributed by atoms with E-state index in [-0.39, 0.29) is 17.7 Å². The second-order valence-corrected chi connectivity index (χ2v) is 8.01. The van der Waals surface area contributed by atoms with Crippen molar-refractivity contribution in [2.45, 2.75) is 31.7 Å². The number of fused-ring (bicyclic) bond motifs is 1. The molecule has 1 amide bonds. The summed E-state index contributed by atoms with van der Waals surface area (Å²) in [5.41, 5.74) is 3.38. The standard InChI is InChI=1S/C23H29N3O2/c27-20-6-7-21-19(15-20)16-22(25-21)23(28)24-10-13-26-11-8-18(9-12-26)14-17-4-2-1-3-5-17/h1-7,15,18,22,25,27H,8-14,16H2,(H,24,28). The summed E-state index contributed by atoms with van der Waals surface area (Å²) in [6, 6.07) is 15.7. The first-order valence-electron chi connectivity index (χ1n) is 10.3. The predicted octanol–water partition coefficient (Wildman–Crippen LogP) is 2.80. The van der Waals surface area contributed by atoms with Crippen LogP contribution in [0.4, 0.5) is 5.69 Å². The minimum Gasteiger partial charge on any atom is -0.508 e. The number of amides is 1. The number of phenolic OH excluding ortho intramolecular Hbond substituents is 1. The summed E-state index contributed by atoms with van der Waals surface area (Å²) in [5, 5.41) is 15.9. The summed E-state index contributed by atoms with van der Waals surface area (Å²) in [6.45, 7) is 3.81. The van der Waals surface area contributed by atoms with E-state index in [0.717, 1.165) is 36.8 Å². The molecular formula is C23H29N3O2. The van der Waals surface area contributed by atoms with Crippen LogP contribution in [-0.4, -0.2) is 48.1 Å². The number of aromatic hydroxyl groups is 1. The van der Waals surface area contributed by atoms with E-state index in [1.165, 1.54) is 24.8 Å². The largest absolute Gasteiger partial charge is 0.508 e. The fraction of sp³-hybridized carbons (Fsp3) is 0.435. The SMILES string of the molecule is O=C(NCCN1CCC(Cc2ccccc2)CC1)C1Cc2cc(O)ccc2N1. The van der Waals surface area contributed by atoms with E-state index in [0.29, 0.717) is 13.0 Å². The Labute approximate surface area is 166 Å². The van der Waals surface area contributed by atoms with Gasteiger partial charge in [0.05, 0.1) is 0 Å². The number of hydrogen-bond acceptors (Lipinski definition) is 4. The van der Waals surface area contributed by atoms with Gasteiger partial charge in [-0.3, -0.25) is 4.79 Å². The first kappa shape index (κ1) is 18.8. The van der Waals surface area contributed by atoms with Crippen molar-refractivity contribution >= 4 is 11.6 Å². The maximum atomic E-state index is 12.4. The molecule has 0 saturated carbocycles. The van der Waals surface area contributed by atoms with Crippen molar-refractivity contribution in [2.75, 3.05) is 31.5 Å². The zero-order chi connectivity index (χ0) is 19.3. The number of nitrogens with one attached hydrogen (secondary N) is 2. The maximum Gasteiger partial charge on any atom is 0.242 e. The average Bonchev–Trinajstić information content (AvgIpc) is 3.13. The number of anilines is 1. The first-order chi connectivity index (χ1) is 13.7. The third-order valence-electron chi connectivity index (χ3n) is 5.96. The highest BCUT2D eigenvalue weighted by molar-refractivity contribution is 5.87. The van der Waals surface area contributed by atoms with Gasteiger partial charge in [0, 0.05) is 25.2 Å². The molecule has 0 spiro atoms. The number of rotatable bonds is 6. The van der Waals surface area contributed by atoms with Crippen molar-refractivity contribution in [3.63, 3.8) is 0 Å². The van der Waals surface area contributed by atoms with Crippen LogP contribution >= 0.6 is 0 Å². The third kappa shape index (κ3) is 4.65. The molecule has 1 unspecified atom stereocenters. The van der Waals surface area contributed by atoms with Gasteiger partial charge in [0.1, 0.15) is 11.8 Å². The minimum atomic E-state index is -0.242. The van der Waals surface area contributed by atoms with Crippen molar-refractivity contribution in [1.82, 2.24) is 10.2 Å². The normalized spacial score (nSPS) is 19.8. The number of carbonyl (C=O) groups is 1. The predicted molar refractivity (Wildman–Crippen MR) is 112 cm³/mol. The number of hydrogen-bond donors (Lipinski definition) is 3. The van der Waals surface area contributed by atoms with Crippen molar-refractivity contribution in [3.05, 3.63) is 59.7 Å². The van der Waals surface area contributed by atoms with Crippen LogP contribution < -0.4 is 10.6 Å². The summed E-state index contributed by atoms with van der Waals surface area (Å²) in [6.07, 6.45) is 4.26. The Kier molecular flexibility index (Phi) is 5.81. The molecule has 0 aromatic heterocycles. The van der Waals surface area contributed by atoms with Crippen LogP contribution in [0.25, 0.3) is 0 Å². The van der Waals surface area contributed by atoms with Gasteiger partial charge in [-0.25, -0.2) is 0 Å². The Hall–Kier alpha value is -2.53. The van der Waals surface area contributed by atoms with Gasteiger partial charge in [0.25, 0.3) is 0 Å². The number of likely N-dealkylation sites (tertiary alicyclic amines) is 1. The van der Waals surface area contributed by atoms with E-state index >= 15 is 0 Å². The molecule has 3 N–H and O–H groups in total. The van der Waals surface area contributed by atoms with Gasteiger partial charge >= 0.3 is 0 Å². The van der Waals surface area contributed by atoms with Crippen LogP contribution in [0.1, 0.15) is 24.0 Å². The average molecular weight is 380 g/mol. The smallest absolute Gasteiger partial charge is 0.242 e. The molecule has 2 aromatic carbocycles. The Bertz CT molecular complexity index is 801. The van der Waals surface area contributed by atoms with E-state index in [1.807, 2.05) is 6.07 Å². The molecule has 5 heteroatoms. The molecule has 0 bridgehead atoms. The number of nitrogens with zero attached hydrogens (tertiary/aromatic N) is 1. The van der Waals surface area contributed by atoms with E-state index < -0.39 is 0 Å². The quantitative estimate of drug-likeness (QED) is 0.676. The first-order valence-corrected chi connectivity index (χ1v) is 10.3. The van der Waals surface area contributed by atoms with Crippen LogP contribution in [0.3, 0.4) is 0 Å². The van der Waals surface area contributed by atoms with Crippen molar-refractivity contribution in [1.29, 1.82) is 0 Å². The Balaban J connectivity index is 1.15. The molecule has 2 aliphatic rings. The molecule has 1 fully saturated rings. The number of phenols is 1. The van der Waals surface area contributed by atoms with Crippen molar-refractivity contribution < 1.29 is 9.90 Å². The molecule has 28 heavy (non-hydrogen) atoms. The lowest BCUT2D eigenvalue weighted by Gasteiger charge is -2.32. The lowest BCUT2D eigenvalue weighted by molar-refractivity contribution is -0.121. The fourth-order valence-corrected chi connectivity index (χ4v) is 4.33. The van der Waals surface area contributed by atoms with Gasteiger partial charge < -0.3 is 20.6 Å². The van der Waals surface area contributed by atoms with Gasteiger partial charge in [-0.05, 0) is 67.6 Å². The highest BCUT2D eigenvalue weighted by Crippen LogP contribution is 2.29. The van der Waals surface area contributed by atoms with Gasteiger partial charge in [-0.15, -0.1) is 0 Å². The Morgan fingerprint density at radius 1 is 1.14 bits per heavy atom. The second-order valence-electron chi connectivity index (χ2n) is 8.01. The van der Waals surface area contributed by atoms with Gasteiger partial charge in [-0.2, -0.15) is 0 Å². The van der Waals surface area contributed by atoms with Crippen LogP contribution in [-0.2, 0) is 17.6 Å². The van der Waals surface area contributed by atoms with Crippen molar-refractivity contribution in [2.24, 2.45) is 5.92 Å². The monoisotopic (exact) mass is 379 g/mol. The number of carbonyl (C=O) groups excluding carboxylic acids is 1. The van der Waals surface area contributed by atoms with E-state index in [2.05, 4.69) is 45.9 Å². The van der Waals surface area contributed by atoms with Gasteiger partial charge in [0.2, 0.25) is 5.91 Å². The molecule has 2 aromatic rings. The van der Waals surface area contributed by atoms with E-state index in [4.69, 9.17) is 0 Å². The highest BCUT2D eigenvalue weighted by Gasteiger charge is 2.27. The minimum absolute atomic E-state index is 0.0367. The van der Waals surface area contributed by atoms with E-state index in [1.54, 1.807) is 12.1 Å². The van der Waals surface area contributed by atoms with Crippen LogP contribution in [0.15, 0.2) is 48.5 Å². The molecule has 1 atom stereocenters. The topological polar surface area (TPSA) is 64.6 Å². The molecule has 5 nitrogen and oxygen atoms in total. The van der Waals surface area contributed by atoms with Gasteiger partial charge in [0.15, 0.2) is 0 Å². The fourth-order valence-electron chi connectivity index (χ4n) is 4.33. The summed E-state index contributed by atoms with van der Waals surface area (Å²) >= 11 is 0. The Morgan fingerprint density at radius 2 is 1.93 bits per heavy atom. The molecule has 0 aliphatic carbocycles. The third-order valence-corrected chi connectivity index (χ3v) is 5.96. The van der Waals surface area contributed by atoms with Gasteiger partial charge in [-0.1, -0.05) is 30.3 Å². The zero-order valence-electron chi connectivity index (χ0n) is 16.2. The summed E-state index contributed by atoms with van der Waals surface area (Å²) in [5.74, 6) is 1.05. The van der Waals surface area contributed by atoms with Crippen LogP contribution in [0, 0.1) is 5.92 Å². The molecule has 1 saturated heterocycles. The second kappa shape index (κ2) is 8.65. The Morgan fingerprint density at radius 3 is 2.71 bits per heavy atom. The lowest BCUT2D eigenvalue weighted by atomic mass is 9.90. The molecule has 2 heterocycles. The maximum absolute atomic E-state index is 12.4. The summed E-state index contributed by atoms with van der Waals surface area (Å²) < 4.78 is 0. The number of piperidine rings is 1. The van der Waals surface area contributed by atoms with Crippen molar-refractivity contribution in [3.8, 4) is 5.75 Å². The highest BCUT2D eigenvalue weighted by atomic mass is 16.3. The number of benzene rings is 2. The molecular weight excluding hydrogens is 350 g/mol. The lowest BCUT2D eigenvalue weighted by Crippen LogP contribution is -2.43. The molecule has 2 aliphatic heterocycles. The molecule has 148 valence electrons. The molecule has 0 radical (unpaired) electrons.